The molecule has 0 saturated carbocycles. The number of hydrogen-bond acceptors (Lipinski definition) is 7. The predicted molar refractivity (Wildman–Crippen MR) is 132 cm³/mol. The summed E-state index contributed by atoms with van der Waals surface area (Å²) < 4.78 is 11.1. The summed E-state index contributed by atoms with van der Waals surface area (Å²) in [5.74, 6) is -0.890. The Morgan fingerprint density at radius 3 is 2.74 bits per heavy atom. The number of halogens is 1. The number of aromatic nitrogens is 1. The summed E-state index contributed by atoms with van der Waals surface area (Å²) in [5.41, 5.74) is 1.67. The van der Waals surface area contributed by atoms with Crippen molar-refractivity contribution in [1.29, 1.82) is 0 Å². The Balaban J connectivity index is 1.66. The Kier molecular flexibility index (Phi) is 6.68. The van der Waals surface area contributed by atoms with Gasteiger partial charge in [-0.15, -0.1) is 11.3 Å². The van der Waals surface area contributed by atoms with Gasteiger partial charge < -0.3 is 14.6 Å². The van der Waals surface area contributed by atoms with Crippen LogP contribution in [0.3, 0.4) is 0 Å². The summed E-state index contributed by atoms with van der Waals surface area (Å²) in [7, 11) is 1.53. The summed E-state index contributed by atoms with van der Waals surface area (Å²) in [4.78, 5) is 42.4. The van der Waals surface area contributed by atoms with Crippen LogP contribution >= 0.6 is 22.9 Å². The van der Waals surface area contributed by atoms with E-state index in [0.717, 1.165) is 16.9 Å². The molecule has 1 aliphatic rings. The van der Waals surface area contributed by atoms with Crippen LogP contribution in [0.2, 0.25) is 5.02 Å². The van der Waals surface area contributed by atoms with Gasteiger partial charge in [0.15, 0.2) is 5.13 Å². The predicted octanol–water partition coefficient (Wildman–Crippen LogP) is 5.08. The van der Waals surface area contributed by atoms with Gasteiger partial charge >= 0.3 is 12.1 Å². The van der Waals surface area contributed by atoms with Gasteiger partial charge in [-0.05, 0) is 44.2 Å². The molecule has 0 spiro atoms. The minimum Gasteiger partial charge on any atom is -0.496 e. The second-order valence-electron chi connectivity index (χ2n) is 8.32. The van der Waals surface area contributed by atoms with E-state index >= 15 is 0 Å². The van der Waals surface area contributed by atoms with Crippen molar-refractivity contribution in [3.63, 3.8) is 0 Å². The Morgan fingerprint density at radius 1 is 1.26 bits per heavy atom. The number of anilines is 2. The molecule has 4 rings (SSSR count). The molecule has 0 saturated heterocycles. The molecule has 11 heteroatoms. The Hall–Kier alpha value is -3.63. The summed E-state index contributed by atoms with van der Waals surface area (Å²) in [5, 5.41) is 13.9. The summed E-state index contributed by atoms with van der Waals surface area (Å²) in [6, 6.07) is 10.1. The average Bonchev–Trinajstić information content (AvgIpc) is 3.22. The summed E-state index contributed by atoms with van der Waals surface area (Å²) in [6.07, 6.45) is -0.801. The fourth-order valence-electron chi connectivity index (χ4n) is 3.79. The van der Waals surface area contributed by atoms with Crippen LogP contribution in [-0.2, 0) is 28.1 Å². The van der Waals surface area contributed by atoms with Gasteiger partial charge in [0, 0.05) is 27.1 Å². The van der Waals surface area contributed by atoms with Gasteiger partial charge in [0.05, 0.1) is 31.5 Å². The minimum absolute atomic E-state index is 0.113. The molecular formula is C24H22ClN3O6S. The number of ether oxygens (including phenoxy) is 2. The molecule has 182 valence electrons. The van der Waals surface area contributed by atoms with Crippen LogP contribution in [0.15, 0.2) is 41.8 Å². The first kappa shape index (κ1) is 24.5. The van der Waals surface area contributed by atoms with Crippen molar-refractivity contribution in [2.75, 3.05) is 17.3 Å². The van der Waals surface area contributed by atoms with Gasteiger partial charge in [0.2, 0.25) is 0 Å². The molecule has 9 nitrogen and oxygen atoms in total. The molecule has 0 unspecified atom stereocenters. The van der Waals surface area contributed by atoms with Crippen LogP contribution < -0.4 is 15.0 Å². The number of fused-ring (bicyclic) bond motifs is 1. The third-order valence-electron chi connectivity index (χ3n) is 5.44. The van der Waals surface area contributed by atoms with Crippen LogP contribution in [0.1, 0.15) is 41.0 Å². The molecular weight excluding hydrogens is 494 g/mol. The van der Waals surface area contributed by atoms with E-state index in [-0.39, 0.29) is 18.1 Å². The second-order valence-corrected chi connectivity index (χ2v) is 9.62. The zero-order valence-electron chi connectivity index (χ0n) is 19.1. The summed E-state index contributed by atoms with van der Waals surface area (Å²) in [6.45, 7) is 3.67. The smallest absolute Gasteiger partial charge is 0.415 e. The van der Waals surface area contributed by atoms with Crippen molar-refractivity contribution in [2.24, 2.45) is 0 Å². The van der Waals surface area contributed by atoms with Gasteiger partial charge in [-0.3, -0.25) is 19.8 Å². The fourth-order valence-corrected chi connectivity index (χ4v) is 4.69. The van der Waals surface area contributed by atoms with Crippen molar-refractivity contribution in [3.8, 4) is 5.75 Å². The molecule has 2 amide bonds. The quantitative estimate of drug-likeness (QED) is 0.450. The van der Waals surface area contributed by atoms with Gasteiger partial charge in [0.1, 0.15) is 11.4 Å². The number of carbonyl (C=O) groups excluding carboxylic acids is 2. The highest BCUT2D eigenvalue weighted by atomic mass is 35.5. The number of nitrogens with one attached hydrogen (secondary N) is 1. The number of amides is 2. The number of carboxylic acid groups (broad SMARTS) is 1. The molecule has 0 atom stereocenters. The number of methoxy groups -OCH3 is 1. The highest BCUT2D eigenvalue weighted by molar-refractivity contribution is 7.14. The Bertz CT molecular complexity index is 1320. The van der Waals surface area contributed by atoms with E-state index in [1.807, 2.05) is 0 Å². The minimum atomic E-state index is -1.01. The molecule has 1 aliphatic heterocycles. The third-order valence-corrected chi connectivity index (χ3v) is 6.48. The van der Waals surface area contributed by atoms with E-state index in [2.05, 4.69) is 10.3 Å². The number of carbonyl (C=O) groups is 3. The number of aliphatic carboxylic acids is 1. The van der Waals surface area contributed by atoms with Crippen molar-refractivity contribution < 1.29 is 29.0 Å². The second kappa shape index (κ2) is 9.55. The Labute approximate surface area is 210 Å². The molecule has 2 heterocycles. The van der Waals surface area contributed by atoms with E-state index in [1.165, 1.54) is 12.0 Å². The van der Waals surface area contributed by atoms with E-state index in [1.54, 1.807) is 55.6 Å². The topological polar surface area (TPSA) is 118 Å². The van der Waals surface area contributed by atoms with E-state index < -0.39 is 23.6 Å². The lowest BCUT2D eigenvalue weighted by Crippen LogP contribution is -2.43. The maximum absolute atomic E-state index is 13.0. The molecule has 0 fully saturated rings. The normalized spacial score (nSPS) is 14.2. The lowest BCUT2D eigenvalue weighted by molar-refractivity contribution is -0.136. The fraction of sp³-hybridized carbons (Fsp3) is 0.250. The lowest BCUT2D eigenvalue weighted by Gasteiger charge is -2.38. The first-order valence-electron chi connectivity index (χ1n) is 10.5. The van der Waals surface area contributed by atoms with E-state index in [9.17, 15) is 14.4 Å². The first-order chi connectivity index (χ1) is 16.6. The molecule has 0 aliphatic carbocycles. The maximum Gasteiger partial charge on any atom is 0.415 e. The third kappa shape index (κ3) is 5.23. The van der Waals surface area contributed by atoms with Crippen molar-refractivity contribution >= 4 is 51.7 Å². The first-order valence-corrected chi connectivity index (χ1v) is 11.8. The number of carboxylic acids is 1. The zero-order valence-corrected chi connectivity index (χ0v) is 20.7. The molecule has 0 radical (unpaired) electrons. The van der Waals surface area contributed by atoms with Crippen molar-refractivity contribution in [1.82, 2.24) is 4.98 Å². The maximum atomic E-state index is 13.0. The largest absolute Gasteiger partial charge is 0.496 e. The highest BCUT2D eigenvalue weighted by Crippen LogP contribution is 2.41. The lowest BCUT2D eigenvalue weighted by atomic mass is 9.92. The standard InChI is InChI=1S/C24H22ClN3O6S/c1-24(2)17-6-4-13(21(31)27-22-26-16(12-35-22)10-20(29)30)9-18(17)28(23(32)34-24)11-14-8-15(25)5-7-19(14)33-3/h4-9,12H,10-11H2,1-3H3,(H,29,30)(H,26,27,31). The number of nitrogens with zero attached hydrogens (tertiary/aromatic N) is 2. The van der Waals surface area contributed by atoms with Gasteiger partial charge in [0.25, 0.3) is 5.91 Å². The Morgan fingerprint density at radius 2 is 2.03 bits per heavy atom. The van der Waals surface area contributed by atoms with Crippen LogP contribution in [0, 0.1) is 0 Å². The van der Waals surface area contributed by atoms with Crippen LogP contribution in [0.5, 0.6) is 5.75 Å². The zero-order chi connectivity index (χ0) is 25.3. The molecule has 35 heavy (non-hydrogen) atoms. The SMILES string of the molecule is COc1ccc(Cl)cc1CN1C(=O)OC(C)(C)c2ccc(C(=O)Nc3nc(CC(=O)O)cs3)cc21. The van der Waals surface area contributed by atoms with E-state index in [4.69, 9.17) is 26.2 Å². The number of benzene rings is 2. The number of cyclic esters (lactones) is 1. The van der Waals surface area contributed by atoms with Crippen molar-refractivity contribution in [3.05, 3.63) is 69.2 Å². The monoisotopic (exact) mass is 515 g/mol. The van der Waals surface area contributed by atoms with Crippen LogP contribution in [0.4, 0.5) is 15.6 Å². The average molecular weight is 516 g/mol. The number of rotatable bonds is 7. The molecule has 3 aromatic rings. The number of thiazole rings is 1. The summed E-state index contributed by atoms with van der Waals surface area (Å²) >= 11 is 7.30. The van der Waals surface area contributed by atoms with Crippen LogP contribution in [0.25, 0.3) is 0 Å². The van der Waals surface area contributed by atoms with Gasteiger partial charge in [-0.2, -0.15) is 0 Å². The molecule has 2 N–H and O–H groups in total. The number of hydrogen-bond donors (Lipinski definition) is 2. The van der Waals surface area contributed by atoms with Crippen LogP contribution in [-0.4, -0.2) is 35.2 Å². The van der Waals surface area contributed by atoms with Crippen molar-refractivity contribution in [2.45, 2.75) is 32.4 Å². The van der Waals surface area contributed by atoms with E-state index in [0.29, 0.717) is 33.3 Å². The van der Waals surface area contributed by atoms with Gasteiger partial charge in [-0.25, -0.2) is 9.78 Å². The molecule has 1 aromatic heterocycles. The molecule has 2 aromatic carbocycles. The van der Waals surface area contributed by atoms with Gasteiger partial charge in [-0.1, -0.05) is 17.7 Å². The highest BCUT2D eigenvalue weighted by Gasteiger charge is 2.39. The molecule has 0 bridgehead atoms.